The number of carbonyl (C=O) groups is 1. The number of thiophene rings is 1. The first-order valence-electron chi connectivity index (χ1n) is 9.01. The second-order valence-electron chi connectivity index (χ2n) is 6.53. The molecule has 0 bridgehead atoms. The molecule has 0 saturated carbocycles. The van der Waals surface area contributed by atoms with Gasteiger partial charge in [-0.25, -0.2) is 0 Å². The van der Waals surface area contributed by atoms with Crippen molar-refractivity contribution in [1.29, 1.82) is 0 Å². The van der Waals surface area contributed by atoms with Crippen molar-refractivity contribution in [3.05, 3.63) is 95.3 Å². The summed E-state index contributed by atoms with van der Waals surface area (Å²) in [6, 6.07) is 19.8. The van der Waals surface area contributed by atoms with Crippen LogP contribution in [-0.2, 0) is 13.1 Å². The highest BCUT2D eigenvalue weighted by molar-refractivity contribution is 7.13. The van der Waals surface area contributed by atoms with Gasteiger partial charge in [-0.3, -0.25) is 14.5 Å². The fourth-order valence-electron chi connectivity index (χ4n) is 3.04. The van der Waals surface area contributed by atoms with Gasteiger partial charge in [0.05, 0.1) is 29.2 Å². The third-order valence-electron chi connectivity index (χ3n) is 4.41. The molecule has 4 aromatic rings. The molecule has 0 unspecified atom stereocenters. The van der Waals surface area contributed by atoms with Crippen LogP contribution >= 0.6 is 11.3 Å². The van der Waals surface area contributed by atoms with Crippen LogP contribution in [0.2, 0.25) is 0 Å². The third kappa shape index (κ3) is 4.02. The molecule has 0 N–H and O–H groups in total. The first-order chi connectivity index (χ1) is 13.7. The largest absolute Gasteiger partial charge is 0.336 e. The Bertz CT molecular complexity index is 1040. The van der Waals surface area contributed by atoms with Crippen LogP contribution in [0, 0.1) is 0 Å². The molecule has 0 spiro atoms. The first kappa shape index (κ1) is 18.1. The lowest BCUT2D eigenvalue weighted by molar-refractivity contribution is 0.0784. The number of hydrogen-bond acceptors (Lipinski definition) is 4. The molecule has 0 aliphatic rings. The highest BCUT2D eigenvalue weighted by atomic mass is 32.1. The molecule has 140 valence electrons. The number of benzene rings is 1. The zero-order chi connectivity index (χ0) is 19.3. The van der Waals surface area contributed by atoms with Crippen LogP contribution < -0.4 is 0 Å². The van der Waals surface area contributed by atoms with Gasteiger partial charge in [0, 0.05) is 19.4 Å². The molecule has 1 aromatic carbocycles. The highest BCUT2D eigenvalue weighted by Gasteiger charge is 2.22. The molecule has 0 fully saturated rings. The van der Waals surface area contributed by atoms with E-state index in [2.05, 4.69) is 17.1 Å². The van der Waals surface area contributed by atoms with E-state index < -0.39 is 0 Å². The maximum atomic E-state index is 13.2. The Balaban J connectivity index is 1.63. The fourth-order valence-corrected chi connectivity index (χ4v) is 3.76. The molecule has 28 heavy (non-hydrogen) atoms. The molecule has 3 heterocycles. The summed E-state index contributed by atoms with van der Waals surface area (Å²) in [5.74, 6) is -0.0617. The lowest BCUT2D eigenvalue weighted by Gasteiger charge is -2.16. The Morgan fingerprint density at radius 2 is 1.89 bits per heavy atom. The summed E-state index contributed by atoms with van der Waals surface area (Å²) in [6.07, 6.45) is 3.59. The maximum absolute atomic E-state index is 13.2. The van der Waals surface area contributed by atoms with E-state index in [4.69, 9.17) is 5.10 Å². The molecule has 6 heteroatoms. The van der Waals surface area contributed by atoms with Crippen molar-refractivity contribution in [2.75, 3.05) is 7.05 Å². The van der Waals surface area contributed by atoms with Gasteiger partial charge in [-0.1, -0.05) is 42.5 Å². The molecule has 1 amide bonds. The van der Waals surface area contributed by atoms with Crippen molar-refractivity contribution in [2.45, 2.75) is 13.1 Å². The Morgan fingerprint density at radius 3 is 2.61 bits per heavy atom. The number of pyridine rings is 1. The predicted molar refractivity (Wildman–Crippen MR) is 111 cm³/mol. The number of hydrogen-bond donors (Lipinski definition) is 0. The fraction of sp³-hybridized carbons (Fsp3) is 0.136. The van der Waals surface area contributed by atoms with E-state index >= 15 is 0 Å². The molecule has 0 aliphatic heterocycles. The minimum Gasteiger partial charge on any atom is -0.336 e. The van der Waals surface area contributed by atoms with Crippen LogP contribution in [0.4, 0.5) is 0 Å². The second kappa shape index (κ2) is 8.19. The van der Waals surface area contributed by atoms with Crippen LogP contribution in [0.15, 0.2) is 78.4 Å². The molecule has 3 aromatic heterocycles. The monoisotopic (exact) mass is 388 g/mol. The SMILES string of the molecule is CN(Cc1ccccn1)C(=O)c1cn(Cc2ccccc2)nc1-c1cccs1. The van der Waals surface area contributed by atoms with Crippen molar-refractivity contribution in [1.82, 2.24) is 19.7 Å². The average Bonchev–Trinajstić information content (AvgIpc) is 3.39. The molecule has 0 saturated heterocycles. The van der Waals surface area contributed by atoms with Crippen molar-refractivity contribution >= 4 is 17.2 Å². The van der Waals surface area contributed by atoms with Crippen LogP contribution in [0.1, 0.15) is 21.6 Å². The molecule has 5 nitrogen and oxygen atoms in total. The summed E-state index contributed by atoms with van der Waals surface area (Å²) >= 11 is 1.58. The van der Waals surface area contributed by atoms with Crippen LogP contribution in [0.5, 0.6) is 0 Å². The third-order valence-corrected chi connectivity index (χ3v) is 5.28. The Morgan fingerprint density at radius 1 is 1.07 bits per heavy atom. The zero-order valence-corrected chi connectivity index (χ0v) is 16.3. The van der Waals surface area contributed by atoms with Crippen molar-refractivity contribution in [3.8, 4) is 10.6 Å². The number of rotatable bonds is 6. The van der Waals surface area contributed by atoms with E-state index in [0.29, 0.717) is 18.7 Å². The van der Waals surface area contributed by atoms with E-state index in [1.54, 1.807) is 29.5 Å². The van der Waals surface area contributed by atoms with Gasteiger partial charge in [-0.15, -0.1) is 11.3 Å². The van der Waals surface area contributed by atoms with Gasteiger partial charge in [0.1, 0.15) is 5.69 Å². The van der Waals surface area contributed by atoms with E-state index in [-0.39, 0.29) is 5.91 Å². The van der Waals surface area contributed by atoms with E-state index in [1.807, 2.05) is 64.8 Å². The van der Waals surface area contributed by atoms with E-state index in [9.17, 15) is 4.79 Å². The maximum Gasteiger partial charge on any atom is 0.257 e. The summed E-state index contributed by atoms with van der Waals surface area (Å²) in [5, 5.41) is 6.72. The normalized spacial score (nSPS) is 10.8. The standard InChI is InChI=1S/C22H20N4OS/c1-25(15-18-10-5-6-12-23-18)22(27)19-16-26(14-17-8-3-2-4-9-17)24-21(19)20-11-7-13-28-20/h2-13,16H,14-15H2,1H3. The van der Waals surface area contributed by atoms with Crippen LogP contribution in [0.3, 0.4) is 0 Å². The quantitative estimate of drug-likeness (QED) is 0.494. The van der Waals surface area contributed by atoms with Gasteiger partial charge in [-0.05, 0) is 29.1 Å². The summed E-state index contributed by atoms with van der Waals surface area (Å²) in [7, 11) is 1.80. The summed E-state index contributed by atoms with van der Waals surface area (Å²) in [6.45, 7) is 1.07. The number of aromatic nitrogens is 3. The topological polar surface area (TPSA) is 51.0 Å². The van der Waals surface area contributed by atoms with Gasteiger partial charge < -0.3 is 4.90 Å². The van der Waals surface area contributed by atoms with Gasteiger partial charge in [0.2, 0.25) is 0 Å². The summed E-state index contributed by atoms with van der Waals surface area (Å²) < 4.78 is 1.84. The minimum atomic E-state index is -0.0617. The highest BCUT2D eigenvalue weighted by Crippen LogP contribution is 2.28. The van der Waals surface area contributed by atoms with Crippen LogP contribution in [0.25, 0.3) is 10.6 Å². The van der Waals surface area contributed by atoms with E-state index in [1.165, 1.54) is 0 Å². The minimum absolute atomic E-state index is 0.0617. The lowest BCUT2D eigenvalue weighted by Crippen LogP contribution is -2.26. The van der Waals surface area contributed by atoms with Crippen molar-refractivity contribution < 1.29 is 4.79 Å². The van der Waals surface area contributed by atoms with Crippen LogP contribution in [-0.4, -0.2) is 32.6 Å². The number of nitrogens with zero attached hydrogens (tertiary/aromatic N) is 4. The molecule has 0 radical (unpaired) electrons. The Kier molecular flexibility index (Phi) is 5.30. The smallest absolute Gasteiger partial charge is 0.257 e. The van der Waals surface area contributed by atoms with Gasteiger partial charge in [0.15, 0.2) is 0 Å². The number of carbonyl (C=O) groups excluding carboxylic acids is 1. The molecule has 0 atom stereocenters. The first-order valence-corrected chi connectivity index (χ1v) is 9.89. The van der Waals surface area contributed by atoms with Crippen molar-refractivity contribution in [2.24, 2.45) is 0 Å². The molecule has 4 rings (SSSR count). The molecular weight excluding hydrogens is 368 g/mol. The number of amides is 1. The molecule has 0 aliphatic carbocycles. The average molecular weight is 388 g/mol. The predicted octanol–water partition coefficient (Wildman–Crippen LogP) is 4.33. The van der Waals surface area contributed by atoms with Gasteiger partial charge in [0.25, 0.3) is 5.91 Å². The van der Waals surface area contributed by atoms with Gasteiger partial charge in [-0.2, -0.15) is 5.10 Å². The second-order valence-corrected chi connectivity index (χ2v) is 7.48. The Labute approximate surface area is 167 Å². The van der Waals surface area contributed by atoms with E-state index in [0.717, 1.165) is 21.8 Å². The lowest BCUT2D eigenvalue weighted by atomic mass is 10.2. The van der Waals surface area contributed by atoms with Crippen molar-refractivity contribution in [3.63, 3.8) is 0 Å². The summed E-state index contributed by atoms with van der Waals surface area (Å²) in [5.41, 5.74) is 3.33. The zero-order valence-electron chi connectivity index (χ0n) is 15.5. The molecular formula is C22H20N4OS. The van der Waals surface area contributed by atoms with Gasteiger partial charge >= 0.3 is 0 Å². The summed E-state index contributed by atoms with van der Waals surface area (Å²) in [4.78, 5) is 20.2. The Hall–Kier alpha value is -3.25.